The normalized spacial score (nSPS) is 14.4. The van der Waals surface area contributed by atoms with E-state index in [1.54, 1.807) is 42.5 Å². The number of anilines is 2. The number of methoxy groups -OCH3 is 1. The quantitative estimate of drug-likeness (QED) is 0.237. The summed E-state index contributed by atoms with van der Waals surface area (Å²) < 4.78 is 49.1. The Morgan fingerprint density at radius 3 is 2.27 bits per heavy atom. The fourth-order valence-corrected chi connectivity index (χ4v) is 4.71. The first kappa shape index (κ1) is 32.6. The lowest BCUT2D eigenvalue weighted by Gasteiger charge is -2.47. The minimum Gasteiger partial charge on any atom is -0.480 e. The Hall–Kier alpha value is -5.34. The second kappa shape index (κ2) is 12.7. The SMILES string of the molecule is COc1ccc(OC2(C)CN(c3cc(=O)c4cc(C)cc(C(C)Nc5ccccc5C(=O)O)c4o3)C2)nn1.O=C(O)C(F)(F)F. The third-order valence-corrected chi connectivity index (χ3v) is 6.77. The topological polar surface area (TPSA) is 164 Å². The van der Waals surface area contributed by atoms with Crippen molar-refractivity contribution in [3.8, 4) is 11.8 Å². The van der Waals surface area contributed by atoms with Gasteiger partial charge in [0, 0.05) is 29.4 Å². The number of carbonyl (C=O) groups is 2. The van der Waals surface area contributed by atoms with Gasteiger partial charge in [0.05, 0.1) is 37.2 Å². The molecule has 1 atom stereocenters. The van der Waals surface area contributed by atoms with Crippen LogP contribution in [-0.2, 0) is 4.79 Å². The molecule has 2 aromatic heterocycles. The first-order valence-electron chi connectivity index (χ1n) is 13.4. The van der Waals surface area contributed by atoms with Gasteiger partial charge in [-0.15, -0.1) is 10.2 Å². The summed E-state index contributed by atoms with van der Waals surface area (Å²) in [5, 5.41) is 28.4. The van der Waals surface area contributed by atoms with E-state index in [9.17, 15) is 27.9 Å². The Morgan fingerprint density at radius 2 is 1.69 bits per heavy atom. The molecule has 5 rings (SSSR count). The number of aliphatic carboxylic acids is 1. The van der Waals surface area contributed by atoms with E-state index >= 15 is 0 Å². The molecule has 1 unspecified atom stereocenters. The number of halogens is 3. The fraction of sp³-hybridized carbons (Fsp3) is 0.300. The molecule has 1 fully saturated rings. The summed E-state index contributed by atoms with van der Waals surface area (Å²) in [6, 6.07) is 15.0. The number of nitrogens with zero attached hydrogens (tertiary/aromatic N) is 3. The van der Waals surface area contributed by atoms with Gasteiger partial charge in [-0.25, -0.2) is 9.59 Å². The van der Waals surface area contributed by atoms with Gasteiger partial charge in [0.2, 0.25) is 11.8 Å². The molecular formula is C30H29F3N4O8. The number of alkyl halides is 3. The van der Waals surface area contributed by atoms with Gasteiger partial charge in [-0.2, -0.15) is 13.2 Å². The van der Waals surface area contributed by atoms with Crippen LogP contribution in [0.2, 0.25) is 0 Å². The number of aryl methyl sites for hydroxylation is 1. The molecule has 4 aromatic rings. The standard InChI is InChI=1S/C28H28N4O6.C2HF3O2/c1-16-11-19(17(2)29-21-8-6-5-7-18(21)27(34)35)26-20(12-16)22(33)13-25(37-26)32-14-28(3,15-32)38-24-10-9-23(36-4)30-31-24;3-2(4,5)1(6)7/h5-13,17,29H,14-15H2,1-4H3,(H,34,35);(H,6,7). The van der Waals surface area contributed by atoms with E-state index < -0.39 is 23.7 Å². The molecule has 0 amide bonds. The number of carboxylic acids is 2. The molecule has 238 valence electrons. The second-order valence-electron chi connectivity index (χ2n) is 10.5. The summed E-state index contributed by atoms with van der Waals surface area (Å²) in [6.45, 7) is 6.74. The molecule has 0 aliphatic carbocycles. The highest BCUT2D eigenvalue weighted by Gasteiger charge is 2.43. The molecular weight excluding hydrogens is 601 g/mol. The van der Waals surface area contributed by atoms with Gasteiger partial charge in [-0.3, -0.25) is 4.79 Å². The maximum atomic E-state index is 13.1. The van der Waals surface area contributed by atoms with E-state index in [4.69, 9.17) is 23.8 Å². The summed E-state index contributed by atoms with van der Waals surface area (Å²) in [5.41, 5.74) is 2.08. The van der Waals surface area contributed by atoms with E-state index in [1.807, 2.05) is 31.7 Å². The zero-order valence-corrected chi connectivity index (χ0v) is 24.5. The summed E-state index contributed by atoms with van der Waals surface area (Å²) in [7, 11) is 1.52. The molecule has 2 aromatic carbocycles. The number of fused-ring (bicyclic) bond motifs is 1. The third-order valence-electron chi connectivity index (χ3n) is 6.77. The molecule has 15 heteroatoms. The summed E-state index contributed by atoms with van der Waals surface area (Å²) >= 11 is 0. The van der Waals surface area contributed by atoms with Gasteiger partial charge >= 0.3 is 18.1 Å². The van der Waals surface area contributed by atoms with Gasteiger partial charge in [0.1, 0.15) is 11.2 Å². The summed E-state index contributed by atoms with van der Waals surface area (Å²) in [4.78, 5) is 35.6. The zero-order valence-electron chi connectivity index (χ0n) is 24.5. The van der Waals surface area contributed by atoms with E-state index in [1.165, 1.54) is 13.2 Å². The number of hydrogen-bond donors (Lipinski definition) is 3. The predicted molar refractivity (Wildman–Crippen MR) is 156 cm³/mol. The van der Waals surface area contributed by atoms with Crippen LogP contribution in [-0.4, -0.2) is 64.3 Å². The van der Waals surface area contributed by atoms with Crippen LogP contribution in [0.3, 0.4) is 0 Å². The summed E-state index contributed by atoms with van der Waals surface area (Å²) in [5.74, 6) is -2.56. The van der Waals surface area contributed by atoms with Crippen LogP contribution in [0.15, 0.2) is 63.8 Å². The van der Waals surface area contributed by atoms with Crippen molar-refractivity contribution in [3.05, 3.63) is 81.5 Å². The van der Waals surface area contributed by atoms with Gasteiger partial charge in [0.25, 0.3) is 0 Å². The molecule has 12 nitrogen and oxygen atoms in total. The molecule has 3 heterocycles. The average molecular weight is 631 g/mol. The van der Waals surface area contributed by atoms with Crippen molar-refractivity contribution in [1.29, 1.82) is 0 Å². The molecule has 1 aliphatic rings. The molecule has 1 saturated heterocycles. The monoisotopic (exact) mass is 630 g/mol. The minimum absolute atomic E-state index is 0.153. The molecule has 0 bridgehead atoms. The van der Waals surface area contributed by atoms with Crippen LogP contribution in [0, 0.1) is 6.92 Å². The second-order valence-corrected chi connectivity index (χ2v) is 10.5. The highest BCUT2D eigenvalue weighted by molar-refractivity contribution is 5.94. The predicted octanol–water partition coefficient (Wildman–Crippen LogP) is 5.06. The van der Waals surface area contributed by atoms with Crippen molar-refractivity contribution in [1.82, 2.24) is 10.2 Å². The van der Waals surface area contributed by atoms with Crippen LogP contribution in [0.1, 0.15) is 41.4 Å². The Bertz CT molecular complexity index is 1770. The van der Waals surface area contributed by atoms with E-state index in [-0.39, 0.29) is 17.0 Å². The van der Waals surface area contributed by atoms with Crippen molar-refractivity contribution in [2.45, 2.75) is 38.6 Å². The van der Waals surface area contributed by atoms with Gasteiger partial charge in [0.15, 0.2) is 11.3 Å². The van der Waals surface area contributed by atoms with Gasteiger partial charge < -0.3 is 34.3 Å². The number of benzene rings is 2. The number of hydrogen-bond acceptors (Lipinski definition) is 10. The number of rotatable bonds is 8. The van der Waals surface area contributed by atoms with Crippen LogP contribution in [0.5, 0.6) is 11.8 Å². The molecule has 3 N–H and O–H groups in total. The highest BCUT2D eigenvalue weighted by Crippen LogP contribution is 2.35. The van der Waals surface area contributed by atoms with E-state index in [2.05, 4.69) is 15.5 Å². The molecule has 1 aliphatic heterocycles. The first-order chi connectivity index (χ1) is 21.1. The smallest absolute Gasteiger partial charge is 0.480 e. The fourth-order valence-electron chi connectivity index (χ4n) is 4.71. The number of ether oxygens (including phenoxy) is 2. The number of carboxylic acid groups (broad SMARTS) is 2. The molecule has 0 spiro atoms. The molecule has 0 radical (unpaired) electrons. The van der Waals surface area contributed by atoms with Crippen LogP contribution < -0.4 is 25.1 Å². The molecule has 0 saturated carbocycles. The Morgan fingerprint density at radius 1 is 1.07 bits per heavy atom. The van der Waals surface area contributed by atoms with E-state index in [0.717, 1.165) is 11.1 Å². The van der Waals surface area contributed by atoms with Crippen molar-refractivity contribution in [3.63, 3.8) is 0 Å². The van der Waals surface area contributed by atoms with E-state index in [0.29, 0.717) is 47.4 Å². The van der Waals surface area contributed by atoms with Crippen molar-refractivity contribution < 1.29 is 46.9 Å². The van der Waals surface area contributed by atoms with Crippen molar-refractivity contribution >= 4 is 34.5 Å². The van der Waals surface area contributed by atoms with Crippen LogP contribution in [0.4, 0.5) is 24.7 Å². The van der Waals surface area contributed by atoms with Crippen LogP contribution in [0.25, 0.3) is 11.0 Å². The zero-order chi connectivity index (χ0) is 33.1. The highest BCUT2D eigenvalue weighted by atomic mass is 19.4. The maximum absolute atomic E-state index is 13.1. The van der Waals surface area contributed by atoms with Gasteiger partial charge in [-0.05, 0) is 44.5 Å². The minimum atomic E-state index is -5.08. The number of para-hydroxylation sites is 1. The van der Waals surface area contributed by atoms with Crippen LogP contribution >= 0.6 is 0 Å². The lowest BCUT2D eigenvalue weighted by molar-refractivity contribution is -0.192. The summed E-state index contributed by atoms with van der Waals surface area (Å²) in [6.07, 6.45) is -5.08. The Balaban J connectivity index is 0.000000591. The Labute approximate surface area is 254 Å². The largest absolute Gasteiger partial charge is 0.490 e. The number of nitrogens with one attached hydrogen (secondary N) is 1. The lowest BCUT2D eigenvalue weighted by atomic mass is 9.96. The number of aromatic carboxylic acids is 1. The average Bonchev–Trinajstić information content (AvgIpc) is 2.96. The maximum Gasteiger partial charge on any atom is 0.490 e. The molecule has 45 heavy (non-hydrogen) atoms. The van der Waals surface area contributed by atoms with Gasteiger partial charge in [-0.1, -0.05) is 18.2 Å². The number of aromatic nitrogens is 2. The Kier molecular flexibility index (Phi) is 9.21. The third kappa shape index (κ3) is 7.60. The first-order valence-corrected chi connectivity index (χ1v) is 13.4. The lowest BCUT2D eigenvalue weighted by Crippen LogP contribution is -2.63. The van der Waals surface area contributed by atoms with Crippen molar-refractivity contribution in [2.24, 2.45) is 0 Å². The van der Waals surface area contributed by atoms with Crippen molar-refractivity contribution in [2.75, 3.05) is 30.4 Å².